The Morgan fingerprint density at radius 2 is 1.41 bits per heavy atom. The zero-order valence-corrected chi connectivity index (χ0v) is 40.3. The number of piperidine rings is 1. The Bertz CT molecular complexity index is 3270. The predicted octanol–water partition coefficient (Wildman–Crippen LogP) is 9.94. The summed E-state index contributed by atoms with van der Waals surface area (Å²) in [4.78, 5) is 75.2. The maximum absolute atomic E-state index is 14.7. The van der Waals surface area contributed by atoms with Gasteiger partial charge in [-0.05, 0) is 95.7 Å². The first-order valence-corrected chi connectivity index (χ1v) is 24.7. The molecule has 5 aromatic carbocycles. The predicted molar refractivity (Wildman–Crippen MR) is 271 cm³/mol. The van der Waals surface area contributed by atoms with Crippen LogP contribution in [0.5, 0.6) is 0 Å². The summed E-state index contributed by atoms with van der Waals surface area (Å²) in [5.74, 6) is 2.02. The van der Waals surface area contributed by atoms with Crippen molar-refractivity contribution in [3.05, 3.63) is 133 Å². The number of methoxy groups -OCH3 is 2. The largest absolute Gasteiger partial charge is 0.498 e. The molecule has 8 atom stereocenters. The molecular formula is C56H58N8O7. The lowest BCUT2D eigenvalue weighted by Crippen LogP contribution is -2.54. The highest BCUT2D eigenvalue weighted by atomic mass is 16.5. The number of aromatic nitrogens is 4. The van der Waals surface area contributed by atoms with Crippen LogP contribution in [0.15, 0.2) is 115 Å². The number of likely N-dealkylation sites (tertiary alicyclic amines) is 2. The molecule has 15 heteroatoms. The average Bonchev–Trinajstić information content (AvgIpc) is 4.24. The van der Waals surface area contributed by atoms with E-state index in [2.05, 4.69) is 93.9 Å². The molecule has 2 bridgehead atoms. The Morgan fingerprint density at radius 3 is 2.03 bits per heavy atom. The Morgan fingerprint density at radius 1 is 0.775 bits per heavy atom. The minimum atomic E-state index is -0.988. The Labute approximate surface area is 411 Å². The van der Waals surface area contributed by atoms with E-state index in [9.17, 15) is 19.2 Å². The Hall–Kier alpha value is -7.68. The van der Waals surface area contributed by atoms with E-state index in [4.69, 9.17) is 24.2 Å². The second kappa shape index (κ2) is 18.6. The number of hydrogen-bond acceptors (Lipinski definition) is 9. The van der Waals surface area contributed by atoms with Crippen molar-refractivity contribution in [3.63, 3.8) is 0 Å². The first-order chi connectivity index (χ1) is 34.5. The molecule has 15 nitrogen and oxygen atoms in total. The third kappa shape index (κ3) is 8.40. The van der Waals surface area contributed by atoms with Crippen LogP contribution in [-0.2, 0) is 23.8 Å². The zero-order chi connectivity index (χ0) is 49.1. The van der Waals surface area contributed by atoms with Crippen molar-refractivity contribution in [1.82, 2.24) is 40.4 Å². The van der Waals surface area contributed by atoms with E-state index in [1.165, 1.54) is 14.2 Å². The van der Waals surface area contributed by atoms with E-state index >= 15 is 0 Å². The molecule has 3 fully saturated rings. The molecule has 2 aliphatic heterocycles. The van der Waals surface area contributed by atoms with Crippen molar-refractivity contribution in [2.45, 2.75) is 76.2 Å². The average molecular weight is 955 g/mol. The molecule has 0 radical (unpaired) electrons. The number of carbonyl (C=O) groups is 4. The molecule has 4 amide bonds. The lowest BCUT2D eigenvalue weighted by Gasteiger charge is -2.37. The Kier molecular flexibility index (Phi) is 12.0. The maximum Gasteiger partial charge on any atom is 0.407 e. The van der Waals surface area contributed by atoms with Gasteiger partial charge in [0.2, 0.25) is 5.91 Å². The van der Waals surface area contributed by atoms with Gasteiger partial charge in [0.25, 0.3) is 5.91 Å². The van der Waals surface area contributed by atoms with Crippen LogP contribution in [0.2, 0.25) is 0 Å². The molecule has 1 saturated carbocycles. The van der Waals surface area contributed by atoms with Crippen molar-refractivity contribution < 1.29 is 33.4 Å². The van der Waals surface area contributed by atoms with E-state index < -0.39 is 30.3 Å². The van der Waals surface area contributed by atoms with E-state index in [0.29, 0.717) is 42.6 Å². The molecule has 4 aliphatic rings. The fraction of sp³-hybridized carbons (Fsp3) is 0.357. The molecule has 71 heavy (non-hydrogen) atoms. The third-order valence-electron chi connectivity index (χ3n) is 15.3. The number of hydrogen-bond donors (Lipinski definition) is 4. The number of carbonyl (C=O) groups excluding carboxylic acids is 4. The molecule has 2 aliphatic carbocycles. The Balaban J connectivity index is 0.878. The summed E-state index contributed by atoms with van der Waals surface area (Å²) >= 11 is 0. The number of H-pyrrole nitrogens is 2. The summed E-state index contributed by atoms with van der Waals surface area (Å²) in [5.41, 5.74) is 6.14. The minimum absolute atomic E-state index is 0.0989. The highest BCUT2D eigenvalue weighted by Crippen LogP contribution is 2.50. The highest BCUT2D eigenvalue weighted by Gasteiger charge is 2.52. The second-order valence-electron chi connectivity index (χ2n) is 19.9. The van der Waals surface area contributed by atoms with E-state index in [1.807, 2.05) is 55.1 Å². The van der Waals surface area contributed by atoms with Gasteiger partial charge in [0.15, 0.2) is 0 Å². The highest BCUT2D eigenvalue weighted by molar-refractivity contribution is 6.07. The number of nitrogens with zero attached hydrogens (tertiary/aromatic N) is 4. The lowest BCUT2D eigenvalue weighted by molar-refractivity contribution is -0.139. The topological polar surface area (TPSA) is 184 Å². The van der Waals surface area contributed by atoms with Crippen molar-refractivity contribution in [2.24, 2.45) is 23.7 Å². The summed E-state index contributed by atoms with van der Waals surface area (Å²) in [6.45, 7) is 9.06. The summed E-state index contributed by atoms with van der Waals surface area (Å²) in [6.07, 6.45) is 7.33. The zero-order valence-electron chi connectivity index (χ0n) is 40.3. The molecule has 0 spiro atoms. The van der Waals surface area contributed by atoms with Crippen LogP contribution in [-0.4, -0.2) is 93.2 Å². The molecule has 4 heterocycles. The van der Waals surface area contributed by atoms with Crippen molar-refractivity contribution >= 4 is 67.6 Å². The van der Waals surface area contributed by atoms with Crippen molar-refractivity contribution in [3.8, 4) is 11.1 Å². The molecule has 2 aromatic heterocycles. The van der Waals surface area contributed by atoms with Gasteiger partial charge in [0, 0.05) is 35.2 Å². The van der Waals surface area contributed by atoms with Gasteiger partial charge in [0.1, 0.15) is 23.7 Å². The quantitative estimate of drug-likeness (QED) is 0.0645. The van der Waals surface area contributed by atoms with Gasteiger partial charge in [-0.2, -0.15) is 0 Å². The van der Waals surface area contributed by atoms with E-state index in [0.717, 1.165) is 86.2 Å². The number of allylic oxidation sites excluding steroid dienone is 1. The molecule has 4 N–H and O–H groups in total. The van der Waals surface area contributed by atoms with Gasteiger partial charge in [-0.1, -0.05) is 99.3 Å². The normalized spacial score (nSPS) is 22.3. The van der Waals surface area contributed by atoms with Gasteiger partial charge in [-0.3, -0.25) is 9.59 Å². The van der Waals surface area contributed by atoms with Crippen LogP contribution >= 0.6 is 0 Å². The number of amides is 4. The van der Waals surface area contributed by atoms with Crippen molar-refractivity contribution in [1.29, 1.82) is 0 Å². The number of aromatic amines is 2. The van der Waals surface area contributed by atoms with Crippen LogP contribution in [0.1, 0.15) is 81.3 Å². The first kappa shape index (κ1) is 45.7. The number of rotatable bonds is 13. The number of fused-ring (bicyclic) bond motifs is 8. The summed E-state index contributed by atoms with van der Waals surface area (Å²) < 4.78 is 16.0. The molecule has 2 saturated heterocycles. The van der Waals surface area contributed by atoms with Gasteiger partial charge >= 0.3 is 12.2 Å². The third-order valence-corrected chi connectivity index (χ3v) is 15.3. The van der Waals surface area contributed by atoms with Crippen LogP contribution in [0.25, 0.3) is 54.7 Å². The second-order valence-corrected chi connectivity index (χ2v) is 19.9. The van der Waals surface area contributed by atoms with Crippen LogP contribution in [0.3, 0.4) is 0 Å². The molecule has 11 rings (SSSR count). The molecule has 7 aromatic rings. The first-order valence-electron chi connectivity index (χ1n) is 24.7. The van der Waals surface area contributed by atoms with Crippen LogP contribution in [0.4, 0.5) is 9.59 Å². The summed E-state index contributed by atoms with van der Waals surface area (Å²) in [6, 6.07) is 28.1. The number of nitrogens with one attached hydrogen (secondary N) is 4. The SMILES string of the molecule is C=C(OCC1C=CC1)[C@H]1C[C@@H](c2nc3c(ccc4cc(-c5ccc6c(ccc7[nH]c([C@@H]8[C@@H]9CC[C@@H](C9)N8C(=O)[C@@H](NC(=O)OC)C(C)C)nc76)c5)ccc43)[nH]2)N(C(=O)[C@H](NC(=O)OC)c2ccccc2)C1. The number of benzene rings is 5. The van der Waals surface area contributed by atoms with Crippen LogP contribution in [0, 0.1) is 23.7 Å². The maximum atomic E-state index is 14.7. The van der Waals surface area contributed by atoms with E-state index in [-0.39, 0.29) is 41.7 Å². The lowest BCUT2D eigenvalue weighted by atomic mass is 9.95. The standard InChI is InChI=1S/C56H58N8O7/c1-30(2)46(61-55(67)69-4)54(66)64-40-19-14-38(26-40)50(64)52-58-44-23-18-37-25-35(16-21-42(37)49(44)60-52)34-15-20-41-36(24-34)17-22-43-48(41)59-51(57-43)45-27-39(31(3)71-29-32-10-9-11-32)28-63(45)53(65)47(62-56(68)70-5)33-12-7-6-8-13-33/h6-10,12-13,15-18,20-25,30,32,38-40,45-47,50H,3,11,14,19,26-29H2,1-2,4-5H3,(H,57,59)(H,58,60)(H,61,67)(H,62,68)/t32?,38-,39+,40+,45+,46+,47-,50+/m1/s1. The molecule has 1 unspecified atom stereocenters. The number of ether oxygens (including phenoxy) is 3. The van der Waals surface area contributed by atoms with Gasteiger partial charge in [-0.15, -0.1) is 0 Å². The van der Waals surface area contributed by atoms with E-state index in [1.54, 1.807) is 4.90 Å². The minimum Gasteiger partial charge on any atom is -0.498 e. The van der Waals surface area contributed by atoms with Gasteiger partial charge in [-0.25, -0.2) is 19.6 Å². The summed E-state index contributed by atoms with van der Waals surface area (Å²) in [7, 11) is 2.59. The smallest absolute Gasteiger partial charge is 0.407 e. The fourth-order valence-electron chi connectivity index (χ4n) is 11.4. The number of imidazole rings is 2. The monoisotopic (exact) mass is 954 g/mol. The fourth-order valence-corrected chi connectivity index (χ4v) is 11.4. The number of alkyl carbamates (subject to hydrolysis) is 2. The van der Waals surface area contributed by atoms with Crippen LogP contribution < -0.4 is 10.6 Å². The van der Waals surface area contributed by atoms with Gasteiger partial charge in [0.05, 0.1) is 60.7 Å². The molecular weight excluding hydrogens is 897 g/mol. The van der Waals surface area contributed by atoms with Crippen molar-refractivity contribution in [2.75, 3.05) is 27.4 Å². The summed E-state index contributed by atoms with van der Waals surface area (Å²) in [5, 5.41) is 9.60. The van der Waals surface area contributed by atoms with Gasteiger partial charge < -0.3 is 44.6 Å². The molecule has 364 valence electrons.